The Bertz CT molecular complexity index is 1100. The lowest BCUT2D eigenvalue weighted by molar-refractivity contribution is -0.384. The minimum atomic E-state index is -0.479. The van der Waals surface area contributed by atoms with Crippen molar-refractivity contribution >= 4 is 29.2 Å². The highest BCUT2D eigenvalue weighted by molar-refractivity contribution is 7.99. The lowest BCUT2D eigenvalue weighted by Crippen LogP contribution is -2.23. The van der Waals surface area contributed by atoms with Gasteiger partial charge in [-0.2, -0.15) is 0 Å². The number of aryl methyl sites for hydroxylation is 1. The zero-order valence-electron chi connectivity index (χ0n) is 14.5. The quantitative estimate of drug-likeness (QED) is 0.269. The van der Waals surface area contributed by atoms with E-state index in [0.717, 1.165) is 23.4 Å². The van der Waals surface area contributed by atoms with Crippen LogP contribution in [0.3, 0.4) is 0 Å². The number of halogens is 1. The minimum Gasteiger partial charge on any atom is -0.268 e. The summed E-state index contributed by atoms with van der Waals surface area (Å²) in [6, 6.07) is 12.0. The van der Waals surface area contributed by atoms with E-state index in [4.69, 9.17) is 0 Å². The molecule has 6 nitrogen and oxygen atoms in total. The first kappa shape index (κ1) is 18.7. The minimum absolute atomic E-state index is 0.0409. The van der Waals surface area contributed by atoms with Crippen molar-refractivity contribution in [2.75, 3.05) is 5.75 Å². The van der Waals surface area contributed by atoms with Gasteiger partial charge in [0.05, 0.1) is 21.2 Å². The summed E-state index contributed by atoms with van der Waals surface area (Å²) in [6.45, 7) is 0. The van der Waals surface area contributed by atoms with Gasteiger partial charge in [-0.3, -0.25) is 19.5 Å². The highest BCUT2D eigenvalue weighted by atomic mass is 32.2. The van der Waals surface area contributed by atoms with Gasteiger partial charge in [-0.25, -0.2) is 9.37 Å². The topological polar surface area (TPSA) is 78.0 Å². The Morgan fingerprint density at radius 1 is 1.18 bits per heavy atom. The fourth-order valence-corrected chi connectivity index (χ4v) is 4.88. The third-order valence-corrected chi connectivity index (χ3v) is 6.38. The molecule has 0 fully saturated rings. The van der Waals surface area contributed by atoms with Crippen LogP contribution < -0.4 is 5.56 Å². The Morgan fingerprint density at radius 2 is 1.89 bits per heavy atom. The van der Waals surface area contributed by atoms with E-state index in [1.54, 1.807) is 24.3 Å². The van der Waals surface area contributed by atoms with Gasteiger partial charge in [-0.15, -0.1) is 11.8 Å². The van der Waals surface area contributed by atoms with Crippen LogP contribution in [0, 0.1) is 15.9 Å². The third kappa shape index (κ3) is 3.67. The predicted octanol–water partition coefficient (Wildman–Crippen LogP) is 4.22. The molecule has 0 bridgehead atoms. The molecule has 2 aromatic carbocycles. The number of nitro benzene ring substituents is 1. The Labute approximate surface area is 168 Å². The molecule has 0 saturated heterocycles. The molecule has 0 spiro atoms. The highest BCUT2D eigenvalue weighted by Gasteiger charge is 2.23. The first-order valence-corrected chi connectivity index (χ1v) is 10.4. The molecule has 1 aliphatic heterocycles. The van der Waals surface area contributed by atoms with Crippen LogP contribution in [0.15, 0.2) is 63.4 Å². The fraction of sp³-hybridized carbons (Fsp3) is 0.158. The van der Waals surface area contributed by atoms with Gasteiger partial charge in [0.2, 0.25) is 0 Å². The van der Waals surface area contributed by atoms with Crippen molar-refractivity contribution < 1.29 is 9.31 Å². The maximum Gasteiger partial charge on any atom is 0.272 e. The van der Waals surface area contributed by atoms with E-state index in [2.05, 4.69) is 4.98 Å². The number of thioether (sulfide) groups is 2. The molecule has 0 unspecified atom stereocenters. The Hall–Kier alpha value is -2.65. The van der Waals surface area contributed by atoms with E-state index in [-0.39, 0.29) is 17.1 Å². The third-order valence-electron chi connectivity index (χ3n) is 4.27. The van der Waals surface area contributed by atoms with Crippen LogP contribution in [-0.2, 0) is 12.2 Å². The second-order valence-electron chi connectivity index (χ2n) is 6.10. The molecule has 3 aromatic rings. The van der Waals surface area contributed by atoms with Gasteiger partial charge in [-0.1, -0.05) is 23.9 Å². The zero-order chi connectivity index (χ0) is 19.7. The first-order chi connectivity index (χ1) is 13.5. The average Bonchev–Trinajstić information content (AvgIpc) is 3.17. The number of benzene rings is 2. The number of fused-ring (bicyclic) bond motifs is 1. The summed E-state index contributed by atoms with van der Waals surface area (Å²) in [5.74, 6) is 1.03. The molecule has 0 amide bonds. The first-order valence-electron chi connectivity index (χ1n) is 8.44. The number of non-ortho nitro benzene ring substituents is 1. The number of nitro groups is 1. The average molecular weight is 415 g/mol. The van der Waals surface area contributed by atoms with Crippen LogP contribution in [0.4, 0.5) is 10.1 Å². The van der Waals surface area contributed by atoms with Gasteiger partial charge in [0.25, 0.3) is 11.2 Å². The van der Waals surface area contributed by atoms with Crippen molar-refractivity contribution in [3.63, 3.8) is 0 Å². The molecule has 2 heterocycles. The summed E-state index contributed by atoms with van der Waals surface area (Å²) in [4.78, 5) is 28.8. The van der Waals surface area contributed by atoms with Crippen molar-refractivity contribution in [1.29, 1.82) is 0 Å². The van der Waals surface area contributed by atoms with E-state index in [1.807, 2.05) is 0 Å². The van der Waals surface area contributed by atoms with Gasteiger partial charge in [0.15, 0.2) is 5.16 Å². The molecule has 142 valence electrons. The highest BCUT2D eigenvalue weighted by Crippen LogP contribution is 2.31. The lowest BCUT2D eigenvalue weighted by atomic mass is 10.2. The standard InChI is InChI=1S/C19H14FN3O3S2/c20-13-3-1-12(2-4-13)11-28-19-21-16-9-10-27-17(16)18(24)22(19)14-5-7-15(8-6-14)23(25)26/h1-8H,9-11H2. The number of rotatable bonds is 5. The van der Waals surface area contributed by atoms with Gasteiger partial charge in [0, 0.05) is 30.1 Å². The van der Waals surface area contributed by atoms with E-state index in [0.29, 0.717) is 21.5 Å². The van der Waals surface area contributed by atoms with Gasteiger partial charge < -0.3 is 0 Å². The van der Waals surface area contributed by atoms with Gasteiger partial charge in [-0.05, 0) is 29.8 Å². The Morgan fingerprint density at radius 3 is 2.57 bits per heavy atom. The van der Waals surface area contributed by atoms with Crippen molar-refractivity contribution in [1.82, 2.24) is 9.55 Å². The summed E-state index contributed by atoms with van der Waals surface area (Å²) >= 11 is 2.86. The molecule has 9 heteroatoms. The smallest absolute Gasteiger partial charge is 0.268 e. The summed E-state index contributed by atoms with van der Waals surface area (Å²) in [5, 5.41) is 11.4. The van der Waals surface area contributed by atoms with Gasteiger partial charge in [0.1, 0.15) is 5.82 Å². The van der Waals surface area contributed by atoms with Crippen molar-refractivity contribution in [2.24, 2.45) is 0 Å². The van der Waals surface area contributed by atoms with Crippen molar-refractivity contribution in [3.8, 4) is 5.69 Å². The summed E-state index contributed by atoms with van der Waals surface area (Å²) in [5.41, 5.74) is 2.02. The van der Waals surface area contributed by atoms with Crippen LogP contribution in [0.25, 0.3) is 5.69 Å². The van der Waals surface area contributed by atoms with Crippen molar-refractivity contribution in [2.45, 2.75) is 22.2 Å². The number of aromatic nitrogens is 2. The van der Waals surface area contributed by atoms with Gasteiger partial charge >= 0.3 is 0 Å². The maximum atomic E-state index is 13.1. The molecule has 1 aliphatic rings. The maximum absolute atomic E-state index is 13.1. The molecule has 1 aromatic heterocycles. The Kier molecular flexibility index (Phi) is 5.19. The summed E-state index contributed by atoms with van der Waals surface area (Å²) in [6.07, 6.45) is 0.737. The molecule has 0 aliphatic carbocycles. The molecule has 0 radical (unpaired) electrons. The van der Waals surface area contributed by atoms with E-state index in [1.165, 1.54) is 52.4 Å². The monoisotopic (exact) mass is 415 g/mol. The van der Waals surface area contributed by atoms with Crippen molar-refractivity contribution in [3.05, 3.63) is 86.1 Å². The Balaban J connectivity index is 1.74. The summed E-state index contributed by atoms with van der Waals surface area (Å²) < 4.78 is 14.6. The van der Waals surface area contributed by atoms with Crippen LogP contribution in [0.2, 0.25) is 0 Å². The SMILES string of the molecule is O=c1c2c(nc(SCc3ccc(F)cc3)n1-c1ccc([N+](=O)[O-])cc1)CCS2. The zero-order valence-corrected chi connectivity index (χ0v) is 16.1. The molecule has 0 N–H and O–H groups in total. The largest absolute Gasteiger partial charge is 0.272 e. The fourth-order valence-electron chi connectivity index (χ4n) is 2.87. The lowest BCUT2D eigenvalue weighted by Gasteiger charge is -2.13. The van der Waals surface area contributed by atoms with E-state index >= 15 is 0 Å². The molecular weight excluding hydrogens is 401 g/mol. The van der Waals surface area contributed by atoms with E-state index < -0.39 is 4.92 Å². The number of hydrogen-bond donors (Lipinski definition) is 0. The molecule has 28 heavy (non-hydrogen) atoms. The normalized spacial score (nSPS) is 12.8. The number of hydrogen-bond acceptors (Lipinski definition) is 6. The molecule has 0 atom stereocenters. The van der Waals surface area contributed by atoms with Crippen LogP contribution in [-0.4, -0.2) is 20.2 Å². The number of nitrogens with zero attached hydrogens (tertiary/aromatic N) is 3. The molecule has 4 rings (SSSR count). The van der Waals surface area contributed by atoms with Crippen LogP contribution in [0.1, 0.15) is 11.3 Å². The predicted molar refractivity (Wildman–Crippen MR) is 107 cm³/mol. The molecular formula is C19H14FN3O3S2. The van der Waals surface area contributed by atoms with Crippen LogP contribution in [0.5, 0.6) is 0 Å². The summed E-state index contributed by atoms with van der Waals surface area (Å²) in [7, 11) is 0. The second-order valence-corrected chi connectivity index (χ2v) is 8.15. The van der Waals surface area contributed by atoms with E-state index in [9.17, 15) is 19.3 Å². The second kappa shape index (κ2) is 7.76. The molecule has 0 saturated carbocycles. The van der Waals surface area contributed by atoms with Crippen LogP contribution >= 0.6 is 23.5 Å².